The van der Waals surface area contributed by atoms with Crippen LogP contribution in [0.4, 0.5) is 0 Å². The summed E-state index contributed by atoms with van der Waals surface area (Å²) in [4.78, 5) is 18.6. The van der Waals surface area contributed by atoms with Crippen LogP contribution in [0.25, 0.3) is 0 Å². The molecule has 1 rings (SSSR count). The lowest BCUT2D eigenvalue weighted by Gasteiger charge is -2.31. The Bertz CT molecular complexity index is 373. The summed E-state index contributed by atoms with van der Waals surface area (Å²) in [6.45, 7) is 8.16. The lowest BCUT2D eigenvalue weighted by molar-refractivity contribution is -0.127. The minimum atomic E-state index is -0.0609. The van der Waals surface area contributed by atoms with E-state index in [0.29, 0.717) is 11.8 Å². The number of ketones is 1. The lowest BCUT2D eigenvalue weighted by Crippen LogP contribution is -2.45. The molecule has 0 aliphatic heterocycles. The van der Waals surface area contributed by atoms with Crippen molar-refractivity contribution >= 4 is 5.78 Å². The van der Waals surface area contributed by atoms with Gasteiger partial charge < -0.3 is 0 Å². The molecule has 1 aromatic rings. The molecule has 0 N–H and O–H groups in total. The van der Waals surface area contributed by atoms with Gasteiger partial charge in [0.05, 0.1) is 6.04 Å². The van der Waals surface area contributed by atoms with Crippen molar-refractivity contribution in [1.82, 2.24) is 9.88 Å². The lowest BCUT2D eigenvalue weighted by atomic mass is 9.94. The molecule has 1 aromatic heterocycles. The monoisotopic (exact) mass is 248 g/mol. The maximum atomic E-state index is 12.3. The van der Waals surface area contributed by atoms with Crippen LogP contribution < -0.4 is 0 Å². The molecule has 0 radical (unpaired) electrons. The van der Waals surface area contributed by atoms with Gasteiger partial charge in [-0.15, -0.1) is 0 Å². The van der Waals surface area contributed by atoms with Gasteiger partial charge in [-0.2, -0.15) is 0 Å². The summed E-state index contributed by atoms with van der Waals surface area (Å²) in [5.41, 5.74) is 1.11. The number of nitrogens with zero attached hydrogens (tertiary/aromatic N) is 2. The average molecular weight is 248 g/mol. The van der Waals surface area contributed by atoms with Crippen molar-refractivity contribution in [2.24, 2.45) is 5.92 Å². The molecule has 1 heterocycles. The quantitative estimate of drug-likeness (QED) is 0.775. The molecule has 0 unspecified atom stereocenters. The Balaban J connectivity index is 2.88. The SMILES string of the molecule is CC(C)C(=O)[C@H](Cc1cccnc1)N(C)C(C)C. The van der Waals surface area contributed by atoms with Crippen LogP contribution in [0.5, 0.6) is 0 Å². The van der Waals surface area contributed by atoms with Crippen molar-refractivity contribution in [2.75, 3.05) is 7.05 Å². The van der Waals surface area contributed by atoms with E-state index in [-0.39, 0.29) is 12.0 Å². The Labute approximate surface area is 110 Å². The first-order valence-electron chi connectivity index (χ1n) is 6.58. The van der Waals surface area contributed by atoms with Crippen LogP contribution in [0.15, 0.2) is 24.5 Å². The van der Waals surface area contributed by atoms with Crippen molar-refractivity contribution < 1.29 is 4.79 Å². The number of likely N-dealkylation sites (N-methyl/N-ethyl adjacent to an activating group) is 1. The zero-order chi connectivity index (χ0) is 13.7. The van der Waals surface area contributed by atoms with Crippen molar-refractivity contribution in [2.45, 2.75) is 46.2 Å². The molecule has 0 aliphatic rings. The van der Waals surface area contributed by atoms with E-state index >= 15 is 0 Å². The van der Waals surface area contributed by atoms with Crippen LogP contribution in [0.3, 0.4) is 0 Å². The molecule has 0 saturated heterocycles. The van der Waals surface area contributed by atoms with Crippen molar-refractivity contribution in [3.8, 4) is 0 Å². The number of Topliss-reactive ketones (excluding diaryl/α,β-unsaturated/α-hetero) is 1. The molecule has 0 saturated carbocycles. The topological polar surface area (TPSA) is 33.2 Å². The van der Waals surface area contributed by atoms with Crippen LogP contribution in [0.2, 0.25) is 0 Å². The first-order chi connectivity index (χ1) is 8.43. The second-order valence-electron chi connectivity index (χ2n) is 5.40. The number of hydrogen-bond acceptors (Lipinski definition) is 3. The fourth-order valence-corrected chi connectivity index (χ4v) is 1.93. The first kappa shape index (κ1) is 14.8. The van der Waals surface area contributed by atoms with Crippen molar-refractivity contribution in [1.29, 1.82) is 0 Å². The number of rotatable bonds is 6. The average Bonchev–Trinajstić information content (AvgIpc) is 2.35. The Morgan fingerprint density at radius 2 is 2.00 bits per heavy atom. The van der Waals surface area contributed by atoms with Crippen LogP contribution in [0, 0.1) is 5.92 Å². The van der Waals surface area contributed by atoms with Gasteiger partial charge in [0.1, 0.15) is 0 Å². The van der Waals surface area contributed by atoms with Crippen LogP contribution in [0.1, 0.15) is 33.3 Å². The van der Waals surface area contributed by atoms with Gasteiger partial charge in [0.15, 0.2) is 5.78 Å². The van der Waals surface area contributed by atoms with E-state index in [4.69, 9.17) is 0 Å². The summed E-state index contributed by atoms with van der Waals surface area (Å²) >= 11 is 0. The summed E-state index contributed by atoms with van der Waals surface area (Å²) in [6, 6.07) is 4.24. The Kier molecular flexibility index (Phi) is 5.48. The van der Waals surface area contributed by atoms with Crippen LogP contribution >= 0.6 is 0 Å². The van der Waals surface area contributed by atoms with Crippen LogP contribution in [-0.2, 0) is 11.2 Å². The standard InChI is InChI=1S/C15H24N2O/c1-11(2)15(18)14(17(5)12(3)4)9-13-7-6-8-16-10-13/h6-8,10-12,14H,9H2,1-5H3/t14-/m0/s1. The molecular formula is C15H24N2O. The summed E-state index contributed by atoms with van der Waals surface area (Å²) in [5, 5.41) is 0. The third-order valence-electron chi connectivity index (χ3n) is 3.36. The van der Waals surface area contributed by atoms with Crippen LogP contribution in [-0.4, -0.2) is 34.8 Å². The minimum absolute atomic E-state index is 0.0609. The highest BCUT2D eigenvalue weighted by molar-refractivity contribution is 5.86. The fraction of sp³-hybridized carbons (Fsp3) is 0.600. The maximum Gasteiger partial charge on any atom is 0.152 e. The predicted molar refractivity (Wildman–Crippen MR) is 74.5 cm³/mol. The third kappa shape index (κ3) is 3.91. The molecule has 0 spiro atoms. The number of carbonyl (C=O) groups is 1. The molecule has 0 amide bonds. The van der Waals surface area contributed by atoms with Gasteiger partial charge in [0.25, 0.3) is 0 Å². The number of hydrogen-bond donors (Lipinski definition) is 0. The highest BCUT2D eigenvalue weighted by Gasteiger charge is 2.26. The molecule has 0 fully saturated rings. The summed E-state index contributed by atoms with van der Waals surface area (Å²) in [7, 11) is 2.02. The molecule has 3 heteroatoms. The van der Waals surface area contributed by atoms with Gasteiger partial charge in [-0.3, -0.25) is 14.7 Å². The van der Waals surface area contributed by atoms with Crippen molar-refractivity contribution in [3.05, 3.63) is 30.1 Å². The first-order valence-corrected chi connectivity index (χ1v) is 6.58. The van der Waals surface area contributed by atoms with Gasteiger partial charge in [0, 0.05) is 24.4 Å². The second-order valence-corrected chi connectivity index (χ2v) is 5.40. The fourth-order valence-electron chi connectivity index (χ4n) is 1.93. The summed E-state index contributed by atoms with van der Waals surface area (Å²) in [5.74, 6) is 0.364. The van der Waals surface area contributed by atoms with E-state index < -0.39 is 0 Å². The second kappa shape index (κ2) is 6.64. The van der Waals surface area contributed by atoms with Gasteiger partial charge in [-0.1, -0.05) is 19.9 Å². The Hall–Kier alpha value is -1.22. The molecule has 0 bridgehead atoms. The largest absolute Gasteiger partial charge is 0.298 e. The number of aromatic nitrogens is 1. The normalized spacial score (nSPS) is 13.3. The van der Waals surface area contributed by atoms with Gasteiger partial charge in [-0.25, -0.2) is 0 Å². The molecular weight excluding hydrogens is 224 g/mol. The Morgan fingerprint density at radius 1 is 1.33 bits per heavy atom. The summed E-state index contributed by atoms with van der Waals surface area (Å²) in [6.07, 6.45) is 4.34. The predicted octanol–water partition coefficient (Wildman–Crippen LogP) is 2.56. The molecule has 1 atom stereocenters. The van der Waals surface area contributed by atoms with E-state index in [0.717, 1.165) is 12.0 Å². The zero-order valence-corrected chi connectivity index (χ0v) is 12.1. The summed E-state index contributed by atoms with van der Waals surface area (Å²) < 4.78 is 0. The zero-order valence-electron chi connectivity index (χ0n) is 12.1. The Morgan fingerprint density at radius 3 is 2.44 bits per heavy atom. The smallest absolute Gasteiger partial charge is 0.152 e. The van der Waals surface area contributed by atoms with E-state index in [1.807, 2.05) is 39.2 Å². The van der Waals surface area contributed by atoms with Gasteiger partial charge in [0.2, 0.25) is 0 Å². The van der Waals surface area contributed by atoms with Gasteiger partial charge in [-0.05, 0) is 38.9 Å². The van der Waals surface area contributed by atoms with E-state index in [1.165, 1.54) is 0 Å². The number of pyridine rings is 1. The third-order valence-corrected chi connectivity index (χ3v) is 3.36. The highest BCUT2D eigenvalue weighted by Crippen LogP contribution is 2.14. The van der Waals surface area contributed by atoms with Crippen molar-refractivity contribution in [3.63, 3.8) is 0 Å². The molecule has 0 aromatic carbocycles. The maximum absolute atomic E-state index is 12.3. The van der Waals surface area contributed by atoms with E-state index in [1.54, 1.807) is 6.20 Å². The van der Waals surface area contributed by atoms with E-state index in [2.05, 4.69) is 23.7 Å². The molecule has 3 nitrogen and oxygen atoms in total. The molecule has 0 aliphatic carbocycles. The van der Waals surface area contributed by atoms with Gasteiger partial charge >= 0.3 is 0 Å². The highest BCUT2D eigenvalue weighted by atomic mass is 16.1. The number of carbonyl (C=O) groups excluding carboxylic acids is 1. The van der Waals surface area contributed by atoms with E-state index in [9.17, 15) is 4.79 Å². The molecule has 100 valence electrons. The minimum Gasteiger partial charge on any atom is -0.298 e. The molecule has 18 heavy (non-hydrogen) atoms.